The monoisotopic (exact) mass is 356 g/mol. The average molecular weight is 356 g/mol. The highest BCUT2D eigenvalue weighted by Crippen LogP contribution is 2.42. The van der Waals surface area contributed by atoms with Crippen LogP contribution >= 0.6 is 0 Å². The van der Waals surface area contributed by atoms with Crippen LogP contribution in [0.25, 0.3) is 0 Å². The summed E-state index contributed by atoms with van der Waals surface area (Å²) in [5.41, 5.74) is -1.23. The van der Waals surface area contributed by atoms with E-state index in [9.17, 15) is 14.4 Å². The number of ether oxygens (including phenoxy) is 1. The van der Waals surface area contributed by atoms with Gasteiger partial charge in [0, 0.05) is 19.2 Å². The number of anilines is 1. The summed E-state index contributed by atoms with van der Waals surface area (Å²) in [5, 5.41) is 2.71. The molecule has 0 saturated heterocycles. The Kier molecular flexibility index (Phi) is 4.54. The molecule has 1 N–H and O–H groups in total. The summed E-state index contributed by atoms with van der Waals surface area (Å²) in [7, 11) is 1.54. The van der Waals surface area contributed by atoms with E-state index in [1.807, 2.05) is 13.8 Å². The third-order valence-corrected chi connectivity index (χ3v) is 4.21. The first-order chi connectivity index (χ1) is 12.4. The molecule has 1 unspecified atom stereocenters. The van der Waals surface area contributed by atoms with Crippen molar-refractivity contribution in [3.8, 4) is 0 Å². The van der Waals surface area contributed by atoms with Gasteiger partial charge in [-0.2, -0.15) is 0 Å². The first-order valence-electron chi connectivity index (χ1n) is 8.30. The number of rotatable bonds is 5. The van der Waals surface area contributed by atoms with Gasteiger partial charge < -0.3 is 19.4 Å². The zero-order valence-corrected chi connectivity index (χ0v) is 14.8. The van der Waals surface area contributed by atoms with E-state index in [2.05, 4.69) is 5.32 Å². The lowest BCUT2D eigenvalue weighted by atomic mass is 9.93. The normalized spacial score (nSPS) is 18.8. The van der Waals surface area contributed by atoms with E-state index < -0.39 is 23.4 Å². The van der Waals surface area contributed by atoms with Gasteiger partial charge in [-0.15, -0.1) is 0 Å². The number of likely N-dealkylation sites (N-methyl/N-ethyl adjacent to an activating group) is 1. The van der Waals surface area contributed by atoms with Gasteiger partial charge in [-0.05, 0) is 24.1 Å². The molecule has 0 radical (unpaired) electrons. The van der Waals surface area contributed by atoms with Crippen LogP contribution in [0.3, 0.4) is 0 Å². The number of furan rings is 1. The number of hydrogen-bond acceptors (Lipinski definition) is 5. The van der Waals surface area contributed by atoms with Crippen molar-refractivity contribution in [3.05, 3.63) is 54.0 Å². The quantitative estimate of drug-likeness (QED) is 0.654. The molecule has 3 rings (SSSR count). The number of para-hydroxylation sites is 1. The van der Waals surface area contributed by atoms with Crippen molar-refractivity contribution in [1.29, 1.82) is 0 Å². The topological polar surface area (TPSA) is 88.8 Å². The molecule has 0 bridgehead atoms. The maximum absolute atomic E-state index is 13.0. The molecule has 1 aromatic heterocycles. The van der Waals surface area contributed by atoms with E-state index in [0.29, 0.717) is 17.8 Å². The lowest BCUT2D eigenvalue weighted by Crippen LogP contribution is -2.54. The van der Waals surface area contributed by atoms with Crippen molar-refractivity contribution in [2.24, 2.45) is 5.92 Å². The lowest BCUT2D eigenvalue weighted by Gasteiger charge is -2.27. The number of carbonyl (C=O) groups excluding carboxylic acids is 3. The molecule has 2 heterocycles. The number of esters is 1. The average Bonchev–Trinajstić information content (AvgIpc) is 3.23. The Balaban J connectivity index is 2.06. The lowest BCUT2D eigenvalue weighted by molar-refractivity contribution is -0.153. The Morgan fingerprint density at radius 3 is 2.62 bits per heavy atom. The van der Waals surface area contributed by atoms with Crippen LogP contribution < -0.4 is 10.2 Å². The third kappa shape index (κ3) is 2.75. The minimum atomic E-state index is -2.08. The highest BCUT2D eigenvalue weighted by Gasteiger charge is 2.59. The number of nitrogens with zero attached hydrogens (tertiary/aromatic N) is 1. The summed E-state index contributed by atoms with van der Waals surface area (Å²) in [5.74, 6) is -2.09. The van der Waals surface area contributed by atoms with Crippen LogP contribution in [0.15, 0.2) is 47.1 Å². The number of nitrogens with one attached hydrogen (secondary N) is 1. The van der Waals surface area contributed by atoms with Gasteiger partial charge in [-0.25, -0.2) is 4.79 Å². The summed E-state index contributed by atoms with van der Waals surface area (Å²) in [6.07, 6.45) is 1.32. The number of fused-ring (bicyclic) bond motifs is 1. The van der Waals surface area contributed by atoms with E-state index in [1.165, 1.54) is 23.3 Å². The molecule has 7 heteroatoms. The van der Waals surface area contributed by atoms with Gasteiger partial charge in [0.25, 0.3) is 17.4 Å². The molecule has 136 valence electrons. The molecule has 0 fully saturated rings. The van der Waals surface area contributed by atoms with Crippen LogP contribution in [0.4, 0.5) is 5.69 Å². The largest absolute Gasteiger partial charge is 0.457 e. The first kappa shape index (κ1) is 17.7. The SMILES string of the molecule is CC(C)CNC(=O)C1(OC(=O)c2ccco2)C(=O)N(C)c2ccccc21. The molecule has 0 spiro atoms. The highest BCUT2D eigenvalue weighted by atomic mass is 16.6. The van der Waals surface area contributed by atoms with Crippen LogP contribution in [0.1, 0.15) is 30.0 Å². The van der Waals surface area contributed by atoms with Crippen LogP contribution in [-0.4, -0.2) is 31.4 Å². The fraction of sp³-hybridized carbons (Fsp3) is 0.316. The van der Waals surface area contributed by atoms with E-state index in [-0.39, 0.29) is 11.7 Å². The molecule has 1 aromatic carbocycles. The Morgan fingerprint density at radius 1 is 1.23 bits per heavy atom. The molecule has 26 heavy (non-hydrogen) atoms. The molecule has 2 amide bonds. The first-order valence-corrected chi connectivity index (χ1v) is 8.30. The Hall–Kier alpha value is -3.09. The molecular weight excluding hydrogens is 336 g/mol. The number of hydrogen-bond donors (Lipinski definition) is 1. The number of carbonyl (C=O) groups is 3. The second kappa shape index (κ2) is 6.67. The molecule has 7 nitrogen and oxygen atoms in total. The highest BCUT2D eigenvalue weighted by molar-refractivity contribution is 6.21. The fourth-order valence-corrected chi connectivity index (χ4v) is 2.89. The molecule has 0 saturated carbocycles. The van der Waals surface area contributed by atoms with Gasteiger partial charge in [0.2, 0.25) is 5.76 Å². The summed E-state index contributed by atoms with van der Waals surface area (Å²) < 4.78 is 10.6. The predicted octanol–water partition coefficient (Wildman–Crippen LogP) is 2.08. The van der Waals surface area contributed by atoms with E-state index in [4.69, 9.17) is 9.15 Å². The molecule has 1 aliphatic rings. The van der Waals surface area contributed by atoms with Gasteiger partial charge in [0.15, 0.2) is 0 Å². The van der Waals surface area contributed by atoms with Crippen molar-refractivity contribution in [3.63, 3.8) is 0 Å². The maximum atomic E-state index is 13.0. The molecule has 1 aliphatic heterocycles. The minimum absolute atomic E-state index is 0.0825. The molecule has 1 atom stereocenters. The van der Waals surface area contributed by atoms with Crippen molar-refractivity contribution >= 4 is 23.5 Å². The zero-order valence-electron chi connectivity index (χ0n) is 14.8. The smallest absolute Gasteiger partial charge is 0.376 e. The van der Waals surface area contributed by atoms with Crippen LogP contribution in [0.2, 0.25) is 0 Å². The summed E-state index contributed by atoms with van der Waals surface area (Å²) in [6.45, 7) is 4.20. The van der Waals surface area contributed by atoms with Gasteiger partial charge in [0.05, 0.1) is 12.0 Å². The van der Waals surface area contributed by atoms with E-state index in [0.717, 1.165) is 0 Å². The van der Waals surface area contributed by atoms with E-state index >= 15 is 0 Å². The second-order valence-electron chi connectivity index (χ2n) is 6.53. The number of benzene rings is 1. The molecular formula is C19H20N2O5. The van der Waals surface area contributed by atoms with Crippen LogP contribution in [0.5, 0.6) is 0 Å². The number of amides is 2. The predicted molar refractivity (Wildman–Crippen MR) is 93.5 cm³/mol. The van der Waals surface area contributed by atoms with Crippen LogP contribution in [-0.2, 0) is 19.9 Å². The van der Waals surface area contributed by atoms with Gasteiger partial charge in [-0.3, -0.25) is 9.59 Å². The summed E-state index contributed by atoms with van der Waals surface area (Å²) >= 11 is 0. The van der Waals surface area contributed by atoms with Crippen LogP contribution in [0, 0.1) is 5.92 Å². The van der Waals surface area contributed by atoms with Gasteiger partial charge >= 0.3 is 5.97 Å². The van der Waals surface area contributed by atoms with Crippen molar-refractivity contribution in [1.82, 2.24) is 5.32 Å². The van der Waals surface area contributed by atoms with Crippen molar-refractivity contribution in [2.75, 3.05) is 18.5 Å². The standard InChI is InChI=1S/C19H20N2O5/c1-12(2)11-20-17(23)19(26-16(22)15-9-6-10-25-15)13-7-4-5-8-14(13)21(3)18(19)24/h4-10,12H,11H2,1-3H3,(H,20,23). The van der Waals surface area contributed by atoms with Gasteiger partial charge in [0.1, 0.15) is 0 Å². The second-order valence-corrected chi connectivity index (χ2v) is 6.53. The maximum Gasteiger partial charge on any atom is 0.376 e. The molecule has 0 aliphatic carbocycles. The van der Waals surface area contributed by atoms with Gasteiger partial charge in [-0.1, -0.05) is 32.0 Å². The molecule has 2 aromatic rings. The zero-order chi connectivity index (χ0) is 18.9. The van der Waals surface area contributed by atoms with Crippen molar-refractivity contribution < 1.29 is 23.5 Å². The fourth-order valence-electron chi connectivity index (χ4n) is 2.89. The Morgan fingerprint density at radius 2 is 1.96 bits per heavy atom. The van der Waals surface area contributed by atoms with E-state index in [1.54, 1.807) is 31.3 Å². The Labute approximate surface area is 150 Å². The summed E-state index contributed by atoms with van der Waals surface area (Å²) in [4.78, 5) is 39.9. The third-order valence-electron chi connectivity index (χ3n) is 4.21. The minimum Gasteiger partial charge on any atom is -0.457 e. The van der Waals surface area contributed by atoms with Crippen molar-refractivity contribution in [2.45, 2.75) is 19.4 Å². The summed E-state index contributed by atoms with van der Waals surface area (Å²) in [6, 6.07) is 9.69. The Bertz CT molecular complexity index is 843.